The van der Waals surface area contributed by atoms with Gasteiger partial charge >= 0.3 is 0 Å². The number of hydrogen-bond acceptors (Lipinski definition) is 5. The molecule has 3 aromatic rings. The Bertz CT molecular complexity index is 1120. The molecule has 9 heteroatoms. The lowest BCUT2D eigenvalue weighted by atomic mass is 10.1. The molecule has 2 N–H and O–H groups in total. The first kappa shape index (κ1) is 22.8. The summed E-state index contributed by atoms with van der Waals surface area (Å²) in [7, 11) is 0. The number of rotatable bonds is 5. The van der Waals surface area contributed by atoms with Crippen LogP contribution in [0.4, 0.5) is 10.1 Å². The zero-order valence-electron chi connectivity index (χ0n) is 18.9. The Morgan fingerprint density at radius 1 is 1.22 bits per heavy atom. The summed E-state index contributed by atoms with van der Waals surface area (Å²) in [6, 6.07) is 5.87. The smallest absolute Gasteiger partial charge is 0.149 e. The van der Waals surface area contributed by atoms with E-state index in [2.05, 4.69) is 24.0 Å². The Morgan fingerprint density at radius 2 is 1.88 bits per heavy atom. The van der Waals surface area contributed by atoms with E-state index in [4.69, 9.17) is 11.6 Å². The van der Waals surface area contributed by atoms with Gasteiger partial charge < -0.3 is 15.1 Å². The molecular weight excluding hydrogens is 433 g/mol. The maximum atomic E-state index is 13.4. The molecule has 0 bridgehead atoms. The van der Waals surface area contributed by atoms with Crippen LogP contribution in [0.15, 0.2) is 30.5 Å². The van der Waals surface area contributed by atoms with Crippen molar-refractivity contribution in [3.63, 3.8) is 0 Å². The Kier molecular flexibility index (Phi) is 5.81. The number of benzene rings is 1. The molecule has 1 fully saturated rings. The molecule has 1 aliphatic rings. The van der Waals surface area contributed by atoms with Crippen LogP contribution in [0, 0.1) is 12.7 Å². The zero-order valence-corrected chi connectivity index (χ0v) is 19.7. The van der Waals surface area contributed by atoms with Crippen molar-refractivity contribution in [1.29, 1.82) is 0 Å². The fraction of sp³-hybridized carbons (Fsp3) is 0.478. The lowest BCUT2D eigenvalue weighted by molar-refractivity contribution is 0.0713. The molecular formula is C23H29ClFN5O2. The van der Waals surface area contributed by atoms with E-state index in [1.165, 1.54) is 12.1 Å². The highest BCUT2D eigenvalue weighted by Gasteiger charge is 2.39. The molecule has 0 amide bonds. The van der Waals surface area contributed by atoms with Gasteiger partial charge in [0.1, 0.15) is 23.3 Å². The van der Waals surface area contributed by atoms with E-state index in [1.54, 1.807) is 41.5 Å². The molecule has 0 spiro atoms. The summed E-state index contributed by atoms with van der Waals surface area (Å²) in [5, 5.41) is 31.2. The second-order valence-corrected chi connectivity index (χ2v) is 9.55. The Balaban J connectivity index is 1.69. The number of aliphatic hydroxyl groups is 2. The van der Waals surface area contributed by atoms with Crippen LogP contribution in [0.5, 0.6) is 0 Å². The maximum Gasteiger partial charge on any atom is 0.149 e. The molecule has 2 atom stereocenters. The summed E-state index contributed by atoms with van der Waals surface area (Å²) in [6.45, 7) is 9.85. The molecule has 1 saturated heterocycles. The average Bonchev–Trinajstić information content (AvgIpc) is 3.38. The highest BCUT2D eigenvalue weighted by Crippen LogP contribution is 2.39. The van der Waals surface area contributed by atoms with Crippen molar-refractivity contribution in [1.82, 2.24) is 19.6 Å². The van der Waals surface area contributed by atoms with Gasteiger partial charge in [-0.25, -0.2) is 9.07 Å². The maximum absolute atomic E-state index is 13.4. The minimum Gasteiger partial charge on any atom is -0.384 e. The number of hydrogen-bond donors (Lipinski definition) is 2. The molecule has 172 valence electrons. The van der Waals surface area contributed by atoms with Crippen molar-refractivity contribution in [3.05, 3.63) is 58.4 Å². The monoisotopic (exact) mass is 461 g/mol. The van der Waals surface area contributed by atoms with Crippen LogP contribution >= 0.6 is 11.6 Å². The number of aliphatic hydroxyl groups excluding tert-OH is 1. The first-order chi connectivity index (χ1) is 15.0. The molecule has 0 aliphatic carbocycles. The fourth-order valence-electron chi connectivity index (χ4n) is 4.38. The Morgan fingerprint density at radius 3 is 2.44 bits per heavy atom. The van der Waals surface area contributed by atoms with Gasteiger partial charge in [-0.1, -0.05) is 25.4 Å². The van der Waals surface area contributed by atoms with Crippen LogP contribution in [-0.2, 0) is 5.60 Å². The second kappa shape index (κ2) is 8.17. The predicted molar refractivity (Wildman–Crippen MR) is 122 cm³/mol. The van der Waals surface area contributed by atoms with Gasteiger partial charge in [0.05, 0.1) is 40.0 Å². The van der Waals surface area contributed by atoms with E-state index in [-0.39, 0.29) is 17.8 Å². The van der Waals surface area contributed by atoms with Gasteiger partial charge in [-0.15, -0.1) is 0 Å². The second-order valence-electron chi connectivity index (χ2n) is 9.17. The van der Waals surface area contributed by atoms with Crippen LogP contribution < -0.4 is 4.90 Å². The minimum absolute atomic E-state index is 0.117. The molecule has 7 nitrogen and oxygen atoms in total. The van der Waals surface area contributed by atoms with Crippen LogP contribution in [0.25, 0.3) is 5.69 Å². The predicted octanol–water partition coefficient (Wildman–Crippen LogP) is 4.29. The van der Waals surface area contributed by atoms with E-state index in [0.717, 1.165) is 17.1 Å². The Labute approximate surface area is 192 Å². The third kappa shape index (κ3) is 3.80. The van der Waals surface area contributed by atoms with Crippen LogP contribution in [0.2, 0.25) is 5.02 Å². The average molecular weight is 462 g/mol. The van der Waals surface area contributed by atoms with Crippen LogP contribution in [-0.4, -0.2) is 42.5 Å². The number of nitrogens with zero attached hydrogens (tertiary/aromatic N) is 5. The van der Waals surface area contributed by atoms with E-state index in [9.17, 15) is 14.6 Å². The lowest BCUT2D eigenvalue weighted by Gasteiger charge is -2.27. The summed E-state index contributed by atoms with van der Waals surface area (Å²) in [4.78, 5) is 1.92. The molecule has 4 rings (SSSR count). The molecule has 1 aromatic carbocycles. The summed E-state index contributed by atoms with van der Waals surface area (Å²) >= 11 is 6.45. The van der Waals surface area contributed by atoms with Gasteiger partial charge in [0.15, 0.2) is 0 Å². The minimum atomic E-state index is -1.18. The van der Waals surface area contributed by atoms with Gasteiger partial charge in [-0.05, 0) is 57.4 Å². The van der Waals surface area contributed by atoms with Crippen LogP contribution in [0.1, 0.15) is 63.2 Å². The van der Waals surface area contributed by atoms with Gasteiger partial charge in [0, 0.05) is 6.54 Å². The summed E-state index contributed by atoms with van der Waals surface area (Å²) < 4.78 is 16.9. The van der Waals surface area contributed by atoms with Crippen molar-refractivity contribution in [2.24, 2.45) is 0 Å². The highest BCUT2D eigenvalue weighted by atomic mass is 35.5. The van der Waals surface area contributed by atoms with Gasteiger partial charge in [0.2, 0.25) is 0 Å². The summed E-state index contributed by atoms with van der Waals surface area (Å²) in [5.41, 5.74) is 2.45. The van der Waals surface area contributed by atoms with Gasteiger partial charge in [0.25, 0.3) is 0 Å². The van der Waals surface area contributed by atoms with Crippen molar-refractivity contribution in [3.8, 4) is 5.69 Å². The molecule has 2 aromatic heterocycles. The van der Waals surface area contributed by atoms with E-state index < -0.39 is 11.8 Å². The van der Waals surface area contributed by atoms with Gasteiger partial charge in [-0.2, -0.15) is 10.2 Å². The first-order valence-corrected chi connectivity index (χ1v) is 11.1. The Hall–Kier alpha value is -2.42. The van der Waals surface area contributed by atoms with Crippen molar-refractivity contribution in [2.75, 3.05) is 11.4 Å². The number of anilines is 1. The fourth-order valence-corrected chi connectivity index (χ4v) is 4.74. The zero-order chi connectivity index (χ0) is 23.4. The largest absolute Gasteiger partial charge is 0.384 e. The summed E-state index contributed by atoms with van der Waals surface area (Å²) in [6.07, 6.45) is 1.56. The number of aromatic nitrogens is 4. The topological polar surface area (TPSA) is 79.3 Å². The molecule has 2 unspecified atom stereocenters. The summed E-state index contributed by atoms with van der Waals surface area (Å²) in [5.74, 6) is -0.185. The van der Waals surface area contributed by atoms with Crippen molar-refractivity contribution in [2.45, 2.75) is 64.8 Å². The SMILES string of the molecule is Cc1c(Cl)c(C(C)(C)O)nn1C1CCN(c2cnn(-c3ccc(F)cc3)c2C(C)C)C1O. The molecule has 1 aliphatic heterocycles. The molecule has 3 heterocycles. The lowest BCUT2D eigenvalue weighted by Crippen LogP contribution is -2.35. The van der Waals surface area contributed by atoms with E-state index >= 15 is 0 Å². The molecule has 32 heavy (non-hydrogen) atoms. The third-order valence-electron chi connectivity index (χ3n) is 6.01. The first-order valence-electron chi connectivity index (χ1n) is 10.8. The van der Waals surface area contributed by atoms with Crippen LogP contribution in [0.3, 0.4) is 0 Å². The standard InChI is InChI=1S/C23H29ClFN5O2/c1-13(2)20-18(12-26-30(20)16-8-6-15(25)7-9-16)28-11-10-17(22(28)31)29-14(3)19(24)21(27-29)23(4,5)32/h6-9,12-13,17,22,31-32H,10-11H2,1-5H3. The van der Waals surface area contributed by atoms with Crippen molar-refractivity contribution < 1.29 is 14.6 Å². The molecule has 0 radical (unpaired) electrons. The van der Waals surface area contributed by atoms with Gasteiger partial charge in [-0.3, -0.25) is 4.68 Å². The van der Waals surface area contributed by atoms with Crippen molar-refractivity contribution >= 4 is 17.3 Å². The quantitative estimate of drug-likeness (QED) is 0.592. The third-order valence-corrected chi connectivity index (χ3v) is 6.47. The molecule has 0 saturated carbocycles. The van der Waals surface area contributed by atoms with E-state index in [1.807, 2.05) is 11.8 Å². The van der Waals surface area contributed by atoms with E-state index in [0.29, 0.717) is 29.4 Å². The normalized spacial score (nSPS) is 19.4. The highest BCUT2D eigenvalue weighted by molar-refractivity contribution is 6.32. The number of halogens is 2.